The Hall–Kier alpha value is -4.13. The second kappa shape index (κ2) is 10.8. The number of amides is 2. The van der Waals surface area contributed by atoms with Crippen molar-refractivity contribution < 1.29 is 23.9 Å². The fourth-order valence-corrected chi connectivity index (χ4v) is 3.02. The minimum absolute atomic E-state index is 0.105. The highest BCUT2D eigenvalue weighted by Gasteiger charge is 2.09. The summed E-state index contributed by atoms with van der Waals surface area (Å²) >= 11 is 0. The van der Waals surface area contributed by atoms with Gasteiger partial charge in [-0.2, -0.15) is 0 Å². The van der Waals surface area contributed by atoms with Crippen molar-refractivity contribution in [3.05, 3.63) is 89.5 Å². The molecule has 0 unspecified atom stereocenters. The van der Waals surface area contributed by atoms with Crippen molar-refractivity contribution in [1.82, 2.24) is 5.32 Å². The van der Waals surface area contributed by atoms with Crippen molar-refractivity contribution in [1.29, 1.82) is 0 Å². The first-order valence-corrected chi connectivity index (χ1v) is 10.0. The van der Waals surface area contributed by atoms with Crippen LogP contribution >= 0.6 is 0 Å². The number of carbonyl (C=O) groups is 3. The van der Waals surface area contributed by atoms with Crippen molar-refractivity contribution in [2.45, 2.75) is 19.9 Å². The van der Waals surface area contributed by atoms with Gasteiger partial charge in [-0.15, -0.1) is 0 Å². The van der Waals surface area contributed by atoms with Crippen LogP contribution in [0.4, 0.5) is 5.69 Å². The lowest BCUT2D eigenvalue weighted by Gasteiger charge is -2.10. The lowest BCUT2D eigenvalue weighted by atomic mass is 10.1. The fourth-order valence-electron chi connectivity index (χ4n) is 3.02. The van der Waals surface area contributed by atoms with E-state index in [0.717, 1.165) is 16.9 Å². The topological polar surface area (TPSA) is 93.7 Å². The molecule has 3 aromatic carbocycles. The second-order valence-electron chi connectivity index (χ2n) is 7.08. The van der Waals surface area contributed by atoms with E-state index in [2.05, 4.69) is 10.6 Å². The van der Waals surface area contributed by atoms with Crippen LogP contribution < -0.4 is 20.1 Å². The number of anilines is 1. The monoisotopic (exact) mass is 432 g/mol. The van der Waals surface area contributed by atoms with Crippen LogP contribution in [0, 0.1) is 0 Å². The van der Waals surface area contributed by atoms with E-state index >= 15 is 0 Å². The molecule has 0 heterocycles. The molecule has 0 aromatic heterocycles. The highest BCUT2D eigenvalue weighted by molar-refractivity contribution is 6.04. The van der Waals surface area contributed by atoms with Gasteiger partial charge in [-0.25, -0.2) is 0 Å². The number of esters is 1. The van der Waals surface area contributed by atoms with Gasteiger partial charge in [0.15, 0.2) is 0 Å². The SMILES string of the molecule is COc1ccc(CC(=O)NCc2cccc(NC(=O)c3cccc(OC(C)=O)c3)c2)cc1. The van der Waals surface area contributed by atoms with Crippen LogP contribution in [0.1, 0.15) is 28.4 Å². The van der Waals surface area contributed by atoms with E-state index in [9.17, 15) is 14.4 Å². The second-order valence-corrected chi connectivity index (χ2v) is 7.08. The van der Waals surface area contributed by atoms with Crippen LogP contribution in [0.2, 0.25) is 0 Å². The van der Waals surface area contributed by atoms with E-state index in [0.29, 0.717) is 23.5 Å². The molecule has 3 rings (SSSR count). The minimum atomic E-state index is -0.454. The molecule has 7 nitrogen and oxygen atoms in total. The number of hydrogen-bond donors (Lipinski definition) is 2. The van der Waals surface area contributed by atoms with Gasteiger partial charge in [-0.3, -0.25) is 14.4 Å². The van der Waals surface area contributed by atoms with Gasteiger partial charge in [0.25, 0.3) is 5.91 Å². The summed E-state index contributed by atoms with van der Waals surface area (Å²) in [7, 11) is 1.60. The van der Waals surface area contributed by atoms with Crippen molar-refractivity contribution in [2.75, 3.05) is 12.4 Å². The minimum Gasteiger partial charge on any atom is -0.497 e. The zero-order valence-corrected chi connectivity index (χ0v) is 17.9. The van der Waals surface area contributed by atoms with Gasteiger partial charge in [-0.1, -0.05) is 30.3 Å². The normalized spacial score (nSPS) is 10.2. The van der Waals surface area contributed by atoms with Crippen molar-refractivity contribution in [3.8, 4) is 11.5 Å². The van der Waals surface area contributed by atoms with Gasteiger partial charge in [-0.05, 0) is 53.6 Å². The molecule has 0 fully saturated rings. The highest BCUT2D eigenvalue weighted by Crippen LogP contribution is 2.17. The summed E-state index contributed by atoms with van der Waals surface area (Å²) in [6, 6.07) is 20.9. The van der Waals surface area contributed by atoms with Crippen LogP contribution in [-0.4, -0.2) is 24.9 Å². The molecule has 0 aliphatic heterocycles. The summed E-state index contributed by atoms with van der Waals surface area (Å²) in [5.74, 6) is 0.153. The Morgan fingerprint density at radius 2 is 1.59 bits per heavy atom. The molecule has 7 heteroatoms. The Balaban J connectivity index is 1.56. The Morgan fingerprint density at radius 3 is 2.31 bits per heavy atom. The standard InChI is InChI=1S/C25H24N2O5/c1-17(28)32-23-8-4-6-20(15-23)25(30)27-21-7-3-5-19(13-21)16-26-24(29)14-18-9-11-22(31-2)12-10-18/h3-13,15H,14,16H2,1-2H3,(H,26,29)(H,27,30). The van der Waals surface area contributed by atoms with Crippen LogP contribution in [0.15, 0.2) is 72.8 Å². The molecule has 0 saturated carbocycles. The summed E-state index contributed by atoms with van der Waals surface area (Å²) in [4.78, 5) is 35.9. The highest BCUT2D eigenvalue weighted by atomic mass is 16.5. The lowest BCUT2D eigenvalue weighted by molar-refractivity contribution is -0.131. The molecule has 3 aromatic rings. The van der Waals surface area contributed by atoms with Gasteiger partial charge in [0, 0.05) is 24.7 Å². The molecular formula is C25H24N2O5. The molecule has 0 atom stereocenters. The Labute approximate surface area is 186 Å². The maximum atomic E-state index is 12.5. The zero-order valence-electron chi connectivity index (χ0n) is 17.9. The third-order valence-electron chi connectivity index (χ3n) is 4.56. The molecule has 0 radical (unpaired) electrons. The summed E-state index contributed by atoms with van der Waals surface area (Å²) < 4.78 is 10.1. The number of nitrogens with one attached hydrogen (secondary N) is 2. The fraction of sp³-hybridized carbons (Fsp3) is 0.160. The summed E-state index contributed by atoms with van der Waals surface area (Å²) in [6.07, 6.45) is 0.263. The third-order valence-corrected chi connectivity index (χ3v) is 4.56. The predicted molar refractivity (Wildman–Crippen MR) is 121 cm³/mol. The van der Waals surface area contributed by atoms with E-state index in [4.69, 9.17) is 9.47 Å². The Morgan fingerprint density at radius 1 is 0.844 bits per heavy atom. The van der Waals surface area contributed by atoms with Crippen LogP contribution in [0.5, 0.6) is 11.5 Å². The van der Waals surface area contributed by atoms with E-state index in [1.54, 1.807) is 43.5 Å². The van der Waals surface area contributed by atoms with Gasteiger partial charge in [0.1, 0.15) is 11.5 Å². The molecule has 2 amide bonds. The number of rotatable bonds is 8. The van der Waals surface area contributed by atoms with Crippen molar-refractivity contribution in [3.63, 3.8) is 0 Å². The molecule has 0 spiro atoms. The number of carbonyl (C=O) groups excluding carboxylic acids is 3. The maximum Gasteiger partial charge on any atom is 0.308 e. The summed E-state index contributed by atoms with van der Waals surface area (Å²) in [5, 5.41) is 5.70. The zero-order chi connectivity index (χ0) is 22.9. The number of hydrogen-bond acceptors (Lipinski definition) is 5. The van der Waals surface area contributed by atoms with Crippen LogP contribution in [0.25, 0.3) is 0 Å². The number of ether oxygens (including phenoxy) is 2. The van der Waals surface area contributed by atoms with E-state index in [-0.39, 0.29) is 18.2 Å². The maximum absolute atomic E-state index is 12.5. The van der Waals surface area contributed by atoms with E-state index in [1.165, 1.54) is 13.0 Å². The predicted octanol–water partition coefficient (Wildman–Crippen LogP) is 3.73. The van der Waals surface area contributed by atoms with Gasteiger partial charge in [0.05, 0.1) is 13.5 Å². The van der Waals surface area contributed by atoms with E-state index < -0.39 is 5.97 Å². The molecule has 0 saturated heterocycles. The first kappa shape index (κ1) is 22.6. The first-order valence-electron chi connectivity index (χ1n) is 10.0. The summed E-state index contributed by atoms with van der Waals surface area (Å²) in [5.41, 5.74) is 2.69. The molecule has 0 aliphatic carbocycles. The van der Waals surface area contributed by atoms with Crippen molar-refractivity contribution >= 4 is 23.5 Å². The van der Waals surface area contributed by atoms with E-state index in [1.807, 2.05) is 30.3 Å². The number of methoxy groups -OCH3 is 1. The largest absolute Gasteiger partial charge is 0.497 e. The van der Waals surface area contributed by atoms with Crippen molar-refractivity contribution in [2.24, 2.45) is 0 Å². The first-order chi connectivity index (χ1) is 15.4. The summed E-state index contributed by atoms with van der Waals surface area (Å²) in [6.45, 7) is 1.63. The average molecular weight is 432 g/mol. The quantitative estimate of drug-likeness (QED) is 0.418. The third kappa shape index (κ3) is 6.70. The van der Waals surface area contributed by atoms with Crippen LogP contribution in [0.3, 0.4) is 0 Å². The lowest BCUT2D eigenvalue weighted by Crippen LogP contribution is -2.24. The Kier molecular flexibility index (Phi) is 7.59. The van der Waals surface area contributed by atoms with Gasteiger partial charge >= 0.3 is 5.97 Å². The molecular weight excluding hydrogens is 408 g/mol. The smallest absolute Gasteiger partial charge is 0.308 e. The Bertz CT molecular complexity index is 1110. The van der Waals surface area contributed by atoms with Gasteiger partial charge < -0.3 is 20.1 Å². The molecule has 0 aliphatic rings. The average Bonchev–Trinajstić information content (AvgIpc) is 2.78. The van der Waals surface area contributed by atoms with Crippen LogP contribution in [-0.2, 0) is 22.6 Å². The molecule has 164 valence electrons. The molecule has 0 bridgehead atoms. The van der Waals surface area contributed by atoms with Gasteiger partial charge in [0.2, 0.25) is 5.91 Å². The molecule has 32 heavy (non-hydrogen) atoms. The number of benzene rings is 3. The molecule has 2 N–H and O–H groups in total.